The summed E-state index contributed by atoms with van der Waals surface area (Å²) < 4.78 is 101. The Bertz CT molecular complexity index is 1970. The van der Waals surface area contributed by atoms with Gasteiger partial charge in [-0.25, -0.2) is 45.5 Å². The lowest BCUT2D eigenvalue weighted by molar-refractivity contribution is -0.150. The lowest BCUT2D eigenvalue weighted by atomic mass is 10.0. The van der Waals surface area contributed by atoms with Gasteiger partial charge in [0.05, 0.1) is 19.6 Å². The lowest BCUT2D eigenvalue weighted by Crippen LogP contribution is -2.46. The van der Waals surface area contributed by atoms with Crippen molar-refractivity contribution in [2.45, 2.75) is 115 Å². The average Bonchev–Trinajstić information content (AvgIpc) is 3.89. The summed E-state index contributed by atoms with van der Waals surface area (Å²) in [6, 6.07) is 0.0651. The number of thioether (sulfide) groups is 2. The van der Waals surface area contributed by atoms with Crippen LogP contribution >= 0.6 is 23.5 Å². The van der Waals surface area contributed by atoms with Crippen molar-refractivity contribution in [3.8, 4) is 0 Å². The van der Waals surface area contributed by atoms with Crippen LogP contribution in [0.3, 0.4) is 0 Å². The molecule has 4 rings (SSSR count). The van der Waals surface area contributed by atoms with E-state index < -0.39 is 100 Å². The van der Waals surface area contributed by atoms with Gasteiger partial charge in [-0.05, 0) is 91.5 Å². The highest BCUT2D eigenvalue weighted by Crippen LogP contribution is 2.27. The molecule has 0 radical (unpaired) electrons. The third-order valence-corrected chi connectivity index (χ3v) is 10.6. The molecule has 23 heteroatoms. The highest BCUT2D eigenvalue weighted by atomic mass is 32.2. The second-order valence-corrected chi connectivity index (χ2v) is 18.5. The molecule has 364 valence electrons. The number of rotatable bonds is 14. The average molecular weight is 971 g/mol. The van der Waals surface area contributed by atoms with Gasteiger partial charge in [0.25, 0.3) is 0 Å². The van der Waals surface area contributed by atoms with Crippen LogP contribution in [0, 0.1) is 34.9 Å². The van der Waals surface area contributed by atoms with Crippen LogP contribution in [-0.2, 0) is 51.0 Å². The summed E-state index contributed by atoms with van der Waals surface area (Å²) in [5.74, 6) is -8.09. The number of carbonyl (C=O) groups is 6. The fourth-order valence-corrected chi connectivity index (χ4v) is 7.78. The molecule has 2 fully saturated rings. The zero-order valence-corrected chi connectivity index (χ0v) is 38.9. The second-order valence-electron chi connectivity index (χ2n) is 16.1. The van der Waals surface area contributed by atoms with Crippen LogP contribution in [0.5, 0.6) is 0 Å². The van der Waals surface area contributed by atoms with Gasteiger partial charge in [-0.15, -0.1) is 23.5 Å². The third-order valence-electron chi connectivity index (χ3n) is 8.31. The minimum absolute atomic E-state index is 0.111. The van der Waals surface area contributed by atoms with E-state index in [0.717, 1.165) is 12.3 Å². The van der Waals surface area contributed by atoms with Gasteiger partial charge in [0.2, 0.25) is 5.91 Å². The Balaban J connectivity index is 0.000000380. The fraction of sp³-hybridized carbons (Fsp3) is 0.571. The van der Waals surface area contributed by atoms with Gasteiger partial charge in [-0.2, -0.15) is 0 Å². The molecule has 0 bridgehead atoms. The molecule has 4 atom stereocenters. The molecule has 3 amide bonds. The minimum atomic E-state index is -1.35. The van der Waals surface area contributed by atoms with Gasteiger partial charge >= 0.3 is 30.1 Å². The van der Waals surface area contributed by atoms with Crippen LogP contribution in [0.4, 0.5) is 35.9 Å². The van der Waals surface area contributed by atoms with Crippen LogP contribution in [-0.4, -0.2) is 118 Å². The minimum Gasteiger partial charge on any atom is -0.481 e. The quantitative estimate of drug-likeness (QED) is 0.0682. The first-order chi connectivity index (χ1) is 30.2. The van der Waals surface area contributed by atoms with Crippen molar-refractivity contribution >= 4 is 59.5 Å². The van der Waals surface area contributed by atoms with Crippen LogP contribution in [0.25, 0.3) is 0 Å². The fourth-order valence-electron chi connectivity index (χ4n) is 5.74. The van der Waals surface area contributed by atoms with E-state index in [1.165, 1.54) is 16.7 Å². The van der Waals surface area contributed by atoms with Crippen molar-refractivity contribution < 1.29 is 79.2 Å². The maximum absolute atomic E-state index is 14.2. The van der Waals surface area contributed by atoms with Crippen molar-refractivity contribution in [2.24, 2.45) is 0 Å². The van der Waals surface area contributed by atoms with Gasteiger partial charge < -0.3 is 39.6 Å². The first-order valence-electron chi connectivity index (χ1n) is 20.3. The number of amides is 3. The van der Waals surface area contributed by atoms with Crippen molar-refractivity contribution in [3.05, 3.63) is 70.3 Å². The number of hydrogen-bond acceptors (Lipinski definition) is 13. The highest BCUT2D eigenvalue weighted by molar-refractivity contribution is 8.01. The summed E-state index contributed by atoms with van der Waals surface area (Å²) in [6.45, 7) is 15.1. The number of carboxylic acid groups (broad SMARTS) is 1. The molecular weight excluding hydrogens is 915 g/mol. The maximum atomic E-state index is 14.2. The molecule has 2 saturated heterocycles. The molecule has 0 saturated carbocycles. The van der Waals surface area contributed by atoms with Gasteiger partial charge in [0.15, 0.2) is 34.0 Å². The Morgan fingerprint density at radius 2 is 1.14 bits per heavy atom. The number of halogens is 6. The Labute approximate surface area is 381 Å². The Kier molecular flexibility index (Phi) is 22.7. The molecular formula is C42H56F6N4O11S2. The Morgan fingerprint density at radius 1 is 0.692 bits per heavy atom. The molecule has 65 heavy (non-hydrogen) atoms. The lowest BCUT2D eigenvalue weighted by Gasteiger charge is -2.27. The third kappa shape index (κ3) is 20.9. The van der Waals surface area contributed by atoms with Gasteiger partial charge in [0, 0.05) is 55.2 Å². The molecule has 2 aliphatic heterocycles. The van der Waals surface area contributed by atoms with Crippen molar-refractivity contribution in [3.63, 3.8) is 0 Å². The smallest absolute Gasteiger partial charge is 0.407 e. The Morgan fingerprint density at radius 3 is 1.55 bits per heavy atom. The van der Waals surface area contributed by atoms with E-state index in [4.69, 9.17) is 24.1 Å². The van der Waals surface area contributed by atoms with Crippen molar-refractivity contribution in [2.75, 3.05) is 37.8 Å². The van der Waals surface area contributed by atoms with Crippen LogP contribution in [0.15, 0.2) is 24.3 Å². The summed E-state index contributed by atoms with van der Waals surface area (Å²) in [5, 5.41) is 15.7. The van der Waals surface area contributed by atoms with Crippen LogP contribution < -0.4 is 16.0 Å². The molecule has 2 heterocycles. The number of nitrogens with one attached hydrogen (secondary N) is 3. The van der Waals surface area contributed by atoms with Crippen molar-refractivity contribution in [1.82, 2.24) is 20.9 Å². The van der Waals surface area contributed by atoms with Gasteiger partial charge in [-0.1, -0.05) is 0 Å². The molecule has 0 unspecified atom stereocenters. The largest absolute Gasteiger partial charge is 0.481 e. The summed E-state index contributed by atoms with van der Waals surface area (Å²) >= 11 is 2.86. The number of benzene rings is 2. The van der Waals surface area contributed by atoms with Crippen LogP contribution in [0.2, 0.25) is 0 Å². The first kappa shape index (κ1) is 56.2. The number of carboxylic acids is 1. The maximum Gasteiger partial charge on any atom is 0.407 e. The predicted octanol–water partition coefficient (Wildman–Crippen LogP) is 6.62. The number of nitrogens with zero attached hydrogens (tertiary/aromatic N) is 1. The summed E-state index contributed by atoms with van der Waals surface area (Å²) in [4.78, 5) is 72.1. The zero-order valence-electron chi connectivity index (χ0n) is 37.3. The number of carbonyl (C=O) groups excluding carboxylic acids is 5. The van der Waals surface area contributed by atoms with E-state index in [-0.39, 0.29) is 48.3 Å². The van der Waals surface area contributed by atoms with E-state index in [2.05, 4.69) is 16.0 Å². The van der Waals surface area contributed by atoms with E-state index in [9.17, 15) is 55.1 Å². The monoisotopic (exact) mass is 970 g/mol. The first-order valence-corrected chi connectivity index (χ1v) is 22.4. The van der Waals surface area contributed by atoms with E-state index in [0.29, 0.717) is 43.2 Å². The number of ether oxygens (including phenoxy) is 4. The molecule has 2 aromatic carbocycles. The molecule has 0 aliphatic carbocycles. The number of hydrogen-bond donors (Lipinski definition) is 4. The normalized spacial score (nSPS) is 16.7. The standard InChI is InChI=1S/C21H27F3N2O5S.C15H18F3NO4.C6H11NO2S/c1-5-30-19(28)18-26(6-7-32-18)17(27)10-13(25-20(29)31-21(2,3)4)8-12-9-15(23)16(24)11-14(12)22;1-15(2,3)23-14(22)19-9(6-13(20)21)4-8-5-11(17)12(18)7-10(8)16;1-2-9-6(8)5-7-3-4-10-5/h9,11,13,18H,5-8,10H2,1-4H3,(H,25,29);5,7,9H,4,6H2,1-3H3,(H,19,22)(H,20,21);5,7H,2-4H2,1H3/t13-,18+;9-;5-/m110/s1. The molecule has 2 aromatic rings. The number of aliphatic carboxylic acids is 1. The SMILES string of the molecule is CC(C)(C)OC(=O)N[C@@H](CC(=O)O)Cc1cc(F)c(F)cc1F.CCOC(=O)[C@@H]1SCCN1C(=O)C[C@@H](Cc1cc(F)c(F)cc1F)NC(=O)OC(C)(C)C.CCOC(=O)[C@H]1NCCS1. The molecule has 4 N–H and O–H groups in total. The topological polar surface area (TPSA) is 199 Å². The predicted molar refractivity (Wildman–Crippen MR) is 229 cm³/mol. The summed E-state index contributed by atoms with van der Waals surface area (Å²) in [6.07, 6.45) is -3.19. The zero-order chi connectivity index (χ0) is 49.2. The van der Waals surface area contributed by atoms with Crippen molar-refractivity contribution in [1.29, 1.82) is 0 Å². The second kappa shape index (κ2) is 26.3. The van der Waals surface area contributed by atoms with E-state index in [1.54, 1.807) is 60.2 Å². The van der Waals surface area contributed by atoms with Gasteiger partial charge in [-0.3, -0.25) is 14.9 Å². The number of esters is 2. The van der Waals surface area contributed by atoms with E-state index in [1.807, 2.05) is 6.92 Å². The molecule has 0 spiro atoms. The summed E-state index contributed by atoms with van der Waals surface area (Å²) in [5.41, 5.74) is -2.08. The van der Waals surface area contributed by atoms with Crippen LogP contribution in [0.1, 0.15) is 79.4 Å². The molecule has 15 nitrogen and oxygen atoms in total. The number of alkyl carbamates (subject to hydrolysis) is 2. The summed E-state index contributed by atoms with van der Waals surface area (Å²) in [7, 11) is 0. The molecule has 2 aliphatic rings. The van der Waals surface area contributed by atoms with E-state index >= 15 is 0 Å². The highest BCUT2D eigenvalue weighted by Gasteiger charge is 2.37. The molecule has 0 aromatic heterocycles. The Hall–Kier alpha value is -4.90. The van der Waals surface area contributed by atoms with Gasteiger partial charge in [0.1, 0.15) is 22.8 Å².